The summed E-state index contributed by atoms with van der Waals surface area (Å²) in [4.78, 5) is 11.5. The molecule has 0 atom stereocenters. The van der Waals surface area contributed by atoms with Crippen LogP contribution in [0.5, 0.6) is 0 Å². The van der Waals surface area contributed by atoms with E-state index in [1.807, 2.05) is 12.1 Å². The van der Waals surface area contributed by atoms with E-state index in [9.17, 15) is 4.79 Å². The zero-order valence-electron chi connectivity index (χ0n) is 9.61. The number of halogens is 1. The standard InChI is InChI=1S/C12H13ClN4O/c13-9-3-1-8(2-4-9)10-7-15-17-12(10)16-11(18)5-6-14/h1-4,7H,5-6,14H2,(H2,15,16,17,18). The summed E-state index contributed by atoms with van der Waals surface area (Å²) < 4.78 is 0. The summed E-state index contributed by atoms with van der Waals surface area (Å²) in [5.74, 6) is 0.424. The molecule has 4 N–H and O–H groups in total. The van der Waals surface area contributed by atoms with Crippen molar-refractivity contribution in [3.05, 3.63) is 35.5 Å². The minimum atomic E-state index is -0.142. The molecule has 5 nitrogen and oxygen atoms in total. The highest BCUT2D eigenvalue weighted by Crippen LogP contribution is 2.26. The van der Waals surface area contributed by atoms with Gasteiger partial charge in [0.05, 0.1) is 6.20 Å². The number of nitrogens with one attached hydrogen (secondary N) is 2. The molecule has 1 aromatic heterocycles. The molecule has 0 saturated heterocycles. The lowest BCUT2D eigenvalue weighted by Gasteiger charge is -2.05. The molecule has 0 radical (unpaired) electrons. The zero-order valence-corrected chi connectivity index (χ0v) is 10.4. The Hall–Kier alpha value is -1.85. The normalized spacial score (nSPS) is 10.3. The van der Waals surface area contributed by atoms with E-state index in [0.29, 0.717) is 17.4 Å². The van der Waals surface area contributed by atoms with Crippen LogP contribution in [0.4, 0.5) is 5.82 Å². The van der Waals surface area contributed by atoms with Gasteiger partial charge in [-0.25, -0.2) is 0 Å². The molecule has 1 aromatic carbocycles. The number of aromatic nitrogens is 2. The fourth-order valence-electron chi connectivity index (χ4n) is 1.56. The maximum atomic E-state index is 11.5. The Balaban J connectivity index is 2.22. The van der Waals surface area contributed by atoms with Crippen molar-refractivity contribution < 1.29 is 4.79 Å². The molecular formula is C12H13ClN4O. The third kappa shape index (κ3) is 2.88. The monoisotopic (exact) mass is 264 g/mol. The van der Waals surface area contributed by atoms with E-state index < -0.39 is 0 Å². The van der Waals surface area contributed by atoms with Gasteiger partial charge in [0.1, 0.15) is 5.82 Å². The van der Waals surface area contributed by atoms with Crippen LogP contribution < -0.4 is 11.1 Å². The first-order valence-electron chi connectivity index (χ1n) is 5.50. The van der Waals surface area contributed by atoms with Gasteiger partial charge in [-0.05, 0) is 17.7 Å². The Labute approximate surface area is 109 Å². The highest BCUT2D eigenvalue weighted by molar-refractivity contribution is 6.30. The van der Waals surface area contributed by atoms with Crippen molar-refractivity contribution >= 4 is 23.3 Å². The molecule has 94 valence electrons. The van der Waals surface area contributed by atoms with Gasteiger partial charge in [-0.1, -0.05) is 23.7 Å². The number of benzene rings is 1. The van der Waals surface area contributed by atoms with E-state index in [2.05, 4.69) is 15.5 Å². The van der Waals surface area contributed by atoms with Gasteiger partial charge in [-0.2, -0.15) is 5.10 Å². The summed E-state index contributed by atoms with van der Waals surface area (Å²) in [6, 6.07) is 7.31. The summed E-state index contributed by atoms with van der Waals surface area (Å²) in [7, 11) is 0. The van der Waals surface area contributed by atoms with Crippen LogP contribution >= 0.6 is 11.6 Å². The van der Waals surface area contributed by atoms with Crippen molar-refractivity contribution in [3.8, 4) is 11.1 Å². The second-order valence-electron chi connectivity index (χ2n) is 3.75. The van der Waals surface area contributed by atoms with Gasteiger partial charge in [-0.3, -0.25) is 9.89 Å². The maximum Gasteiger partial charge on any atom is 0.226 e. The van der Waals surface area contributed by atoms with Gasteiger partial charge >= 0.3 is 0 Å². The van der Waals surface area contributed by atoms with Crippen LogP contribution in [0.15, 0.2) is 30.5 Å². The van der Waals surface area contributed by atoms with Crippen molar-refractivity contribution in [2.24, 2.45) is 5.73 Å². The number of hydrogen-bond acceptors (Lipinski definition) is 3. The van der Waals surface area contributed by atoms with Crippen molar-refractivity contribution in [2.75, 3.05) is 11.9 Å². The molecule has 0 aliphatic carbocycles. The van der Waals surface area contributed by atoms with E-state index in [1.165, 1.54) is 0 Å². The molecule has 1 amide bonds. The highest BCUT2D eigenvalue weighted by Gasteiger charge is 2.10. The van der Waals surface area contributed by atoms with Gasteiger partial charge < -0.3 is 11.1 Å². The quantitative estimate of drug-likeness (QED) is 0.790. The van der Waals surface area contributed by atoms with Gasteiger partial charge in [-0.15, -0.1) is 0 Å². The molecule has 2 aromatic rings. The number of amides is 1. The first-order valence-corrected chi connectivity index (χ1v) is 5.87. The third-order valence-electron chi connectivity index (χ3n) is 2.43. The first-order chi connectivity index (χ1) is 8.70. The number of carbonyl (C=O) groups is 1. The van der Waals surface area contributed by atoms with Gasteiger partial charge in [0.15, 0.2) is 0 Å². The molecule has 0 aliphatic heterocycles. The van der Waals surface area contributed by atoms with Crippen LogP contribution in [0, 0.1) is 0 Å². The number of aromatic amines is 1. The van der Waals surface area contributed by atoms with Crippen molar-refractivity contribution in [1.82, 2.24) is 10.2 Å². The third-order valence-corrected chi connectivity index (χ3v) is 2.68. The molecule has 2 rings (SSSR count). The van der Waals surface area contributed by atoms with Crippen LogP contribution in [0.2, 0.25) is 5.02 Å². The largest absolute Gasteiger partial charge is 0.330 e. The van der Waals surface area contributed by atoms with Crippen molar-refractivity contribution in [2.45, 2.75) is 6.42 Å². The van der Waals surface area contributed by atoms with Gasteiger partial charge in [0, 0.05) is 23.6 Å². The number of nitrogens with zero attached hydrogens (tertiary/aromatic N) is 1. The number of H-pyrrole nitrogens is 1. The first kappa shape index (κ1) is 12.6. The zero-order chi connectivity index (χ0) is 13.0. The topological polar surface area (TPSA) is 83.8 Å². The smallest absolute Gasteiger partial charge is 0.226 e. The Kier molecular flexibility index (Phi) is 3.96. The van der Waals surface area contributed by atoms with Crippen LogP contribution in [-0.2, 0) is 4.79 Å². The number of nitrogens with two attached hydrogens (primary N) is 1. The molecule has 1 heterocycles. The highest BCUT2D eigenvalue weighted by atomic mass is 35.5. The summed E-state index contributed by atoms with van der Waals surface area (Å²) in [5, 5.41) is 10.1. The van der Waals surface area contributed by atoms with Crippen LogP contribution in [-0.4, -0.2) is 22.6 Å². The lowest BCUT2D eigenvalue weighted by atomic mass is 10.1. The second-order valence-corrected chi connectivity index (χ2v) is 4.19. The Morgan fingerprint density at radius 1 is 1.39 bits per heavy atom. The minimum Gasteiger partial charge on any atom is -0.330 e. The molecule has 0 bridgehead atoms. The second kappa shape index (κ2) is 5.66. The minimum absolute atomic E-state index is 0.142. The van der Waals surface area contributed by atoms with Crippen molar-refractivity contribution in [3.63, 3.8) is 0 Å². The number of anilines is 1. The molecule has 18 heavy (non-hydrogen) atoms. The summed E-state index contributed by atoms with van der Waals surface area (Å²) in [5.41, 5.74) is 7.07. The summed E-state index contributed by atoms with van der Waals surface area (Å²) in [6.45, 7) is 0.316. The van der Waals surface area contributed by atoms with Crippen LogP contribution in [0.25, 0.3) is 11.1 Å². The molecule has 0 unspecified atom stereocenters. The van der Waals surface area contributed by atoms with Crippen molar-refractivity contribution in [1.29, 1.82) is 0 Å². The molecule has 0 saturated carbocycles. The summed E-state index contributed by atoms with van der Waals surface area (Å²) in [6.07, 6.45) is 1.93. The molecule has 0 fully saturated rings. The molecule has 0 aliphatic rings. The van der Waals surface area contributed by atoms with E-state index in [0.717, 1.165) is 11.1 Å². The fourth-order valence-corrected chi connectivity index (χ4v) is 1.69. The Morgan fingerprint density at radius 3 is 2.78 bits per heavy atom. The molecule has 0 spiro atoms. The van der Waals surface area contributed by atoms with Gasteiger partial charge in [0.25, 0.3) is 0 Å². The average molecular weight is 265 g/mol. The van der Waals surface area contributed by atoms with E-state index >= 15 is 0 Å². The van der Waals surface area contributed by atoms with E-state index in [-0.39, 0.29) is 12.3 Å². The Bertz CT molecular complexity index is 535. The fraction of sp³-hybridized carbons (Fsp3) is 0.167. The number of hydrogen-bond donors (Lipinski definition) is 3. The lowest BCUT2D eigenvalue weighted by molar-refractivity contribution is -0.116. The molecule has 6 heteroatoms. The summed E-state index contributed by atoms with van der Waals surface area (Å²) >= 11 is 5.83. The van der Waals surface area contributed by atoms with Gasteiger partial charge in [0.2, 0.25) is 5.91 Å². The lowest BCUT2D eigenvalue weighted by Crippen LogP contribution is -2.16. The predicted molar refractivity (Wildman–Crippen MR) is 71.3 cm³/mol. The Morgan fingerprint density at radius 2 is 2.11 bits per heavy atom. The predicted octanol–water partition coefficient (Wildman–Crippen LogP) is 2.02. The number of rotatable bonds is 4. The van der Waals surface area contributed by atoms with Crippen LogP contribution in [0.1, 0.15) is 6.42 Å². The SMILES string of the molecule is NCCC(=O)Nc1[nH]ncc1-c1ccc(Cl)cc1. The maximum absolute atomic E-state index is 11.5. The van der Waals surface area contributed by atoms with Crippen LogP contribution in [0.3, 0.4) is 0 Å². The molecular weight excluding hydrogens is 252 g/mol. The average Bonchev–Trinajstić information content (AvgIpc) is 2.78. The van der Waals surface area contributed by atoms with E-state index in [4.69, 9.17) is 17.3 Å². The number of carbonyl (C=O) groups excluding carboxylic acids is 1. The van der Waals surface area contributed by atoms with E-state index in [1.54, 1.807) is 18.3 Å².